The minimum Gasteiger partial charge on any atom is -0.491 e. The van der Waals surface area contributed by atoms with Crippen molar-refractivity contribution < 1.29 is 17.9 Å². The maximum absolute atomic E-state index is 13.4. The van der Waals surface area contributed by atoms with Crippen LogP contribution in [0.2, 0.25) is 5.02 Å². The minimum atomic E-state index is -3.98. The van der Waals surface area contributed by atoms with E-state index >= 15 is 0 Å². The second kappa shape index (κ2) is 11.1. The molecule has 0 bridgehead atoms. The first-order chi connectivity index (χ1) is 16.5. The van der Waals surface area contributed by atoms with Crippen LogP contribution in [0.15, 0.2) is 77.7 Å². The number of anilines is 1. The Hall–Kier alpha value is -3.03. The highest BCUT2D eigenvalue weighted by molar-refractivity contribution is 7.92. The van der Waals surface area contributed by atoms with Crippen molar-refractivity contribution in [1.82, 2.24) is 5.32 Å². The summed E-state index contributed by atoms with van der Waals surface area (Å²) >= 11 is 5.98. The van der Waals surface area contributed by atoms with Crippen LogP contribution in [0.25, 0.3) is 0 Å². The van der Waals surface area contributed by atoms with Crippen molar-refractivity contribution in [2.45, 2.75) is 38.0 Å². The number of nitrogens with zero attached hydrogens (tertiary/aromatic N) is 1. The molecular formula is C27H31ClN2O4S. The van der Waals surface area contributed by atoms with E-state index in [-0.39, 0.29) is 30.0 Å². The lowest BCUT2D eigenvalue weighted by molar-refractivity contribution is -0.119. The quantitative estimate of drug-likeness (QED) is 0.391. The SMILES string of the molecule is Cc1ccc(S(=O)(=O)N(CC(=O)NCCOc2ccccc2C(C)(C)C)c2ccc(Cl)cc2)cc1. The number of para-hydroxylation sites is 1. The van der Waals surface area contributed by atoms with E-state index < -0.39 is 15.9 Å². The summed E-state index contributed by atoms with van der Waals surface area (Å²) in [6.07, 6.45) is 0. The fourth-order valence-electron chi connectivity index (χ4n) is 3.51. The van der Waals surface area contributed by atoms with Crippen molar-refractivity contribution in [3.8, 4) is 5.75 Å². The fraction of sp³-hybridized carbons (Fsp3) is 0.296. The lowest BCUT2D eigenvalue weighted by Gasteiger charge is -2.24. The van der Waals surface area contributed by atoms with Gasteiger partial charge in [-0.25, -0.2) is 8.42 Å². The largest absolute Gasteiger partial charge is 0.491 e. The van der Waals surface area contributed by atoms with Crippen LogP contribution >= 0.6 is 11.6 Å². The molecule has 0 spiro atoms. The standard InChI is InChI=1S/C27H31ClN2O4S/c1-20-9-15-23(16-10-20)35(32,33)30(22-13-11-21(28)12-14-22)19-26(31)29-17-18-34-25-8-6-5-7-24(25)27(2,3)4/h5-16H,17-19H2,1-4H3,(H,29,31). The normalized spacial score (nSPS) is 11.7. The number of ether oxygens (including phenoxy) is 1. The maximum Gasteiger partial charge on any atom is 0.264 e. The van der Waals surface area contributed by atoms with Gasteiger partial charge in [0.1, 0.15) is 18.9 Å². The molecule has 3 aromatic rings. The van der Waals surface area contributed by atoms with Crippen molar-refractivity contribution in [1.29, 1.82) is 0 Å². The number of carbonyl (C=O) groups is 1. The van der Waals surface area contributed by atoms with Crippen LogP contribution in [-0.2, 0) is 20.2 Å². The lowest BCUT2D eigenvalue weighted by Crippen LogP contribution is -2.42. The molecule has 3 rings (SSSR count). The summed E-state index contributed by atoms with van der Waals surface area (Å²) in [6.45, 7) is 8.31. The van der Waals surface area contributed by atoms with E-state index in [9.17, 15) is 13.2 Å². The molecule has 0 radical (unpaired) electrons. The Morgan fingerprint density at radius 1 is 0.971 bits per heavy atom. The van der Waals surface area contributed by atoms with Crippen LogP contribution in [0.1, 0.15) is 31.9 Å². The molecule has 0 unspecified atom stereocenters. The summed E-state index contributed by atoms with van der Waals surface area (Å²) in [5.41, 5.74) is 2.28. The first-order valence-corrected chi connectivity index (χ1v) is 13.1. The monoisotopic (exact) mass is 514 g/mol. The molecule has 3 aromatic carbocycles. The third-order valence-corrected chi connectivity index (χ3v) is 7.43. The molecular weight excluding hydrogens is 484 g/mol. The number of sulfonamides is 1. The molecule has 6 nitrogen and oxygen atoms in total. The molecule has 186 valence electrons. The van der Waals surface area contributed by atoms with Gasteiger partial charge in [-0.05, 0) is 60.4 Å². The zero-order valence-corrected chi connectivity index (χ0v) is 22.0. The van der Waals surface area contributed by atoms with E-state index in [1.165, 1.54) is 12.1 Å². The van der Waals surface area contributed by atoms with E-state index in [4.69, 9.17) is 16.3 Å². The van der Waals surface area contributed by atoms with Gasteiger partial charge in [-0.1, -0.05) is 68.3 Å². The van der Waals surface area contributed by atoms with Gasteiger partial charge in [0.05, 0.1) is 17.1 Å². The average molecular weight is 515 g/mol. The summed E-state index contributed by atoms with van der Waals surface area (Å²) in [5.74, 6) is 0.322. The molecule has 35 heavy (non-hydrogen) atoms. The summed E-state index contributed by atoms with van der Waals surface area (Å²) in [7, 11) is -3.98. The van der Waals surface area contributed by atoms with Gasteiger partial charge in [-0.3, -0.25) is 9.10 Å². The Bertz CT molecular complexity index is 1250. The second-order valence-corrected chi connectivity index (χ2v) is 11.5. The predicted molar refractivity (Wildman–Crippen MR) is 141 cm³/mol. The van der Waals surface area contributed by atoms with Crippen molar-refractivity contribution in [3.05, 3.63) is 88.9 Å². The van der Waals surface area contributed by atoms with Gasteiger partial charge in [0.2, 0.25) is 5.91 Å². The van der Waals surface area contributed by atoms with Crippen LogP contribution in [0.5, 0.6) is 5.75 Å². The molecule has 0 aliphatic heterocycles. The van der Waals surface area contributed by atoms with Crippen molar-refractivity contribution in [3.63, 3.8) is 0 Å². The van der Waals surface area contributed by atoms with Crippen LogP contribution < -0.4 is 14.4 Å². The van der Waals surface area contributed by atoms with Gasteiger partial charge < -0.3 is 10.1 Å². The number of aryl methyl sites for hydroxylation is 1. The minimum absolute atomic E-state index is 0.0801. The van der Waals surface area contributed by atoms with Gasteiger partial charge in [-0.15, -0.1) is 0 Å². The molecule has 0 aliphatic carbocycles. The summed E-state index contributed by atoms with van der Waals surface area (Å²) in [5, 5.41) is 3.23. The maximum atomic E-state index is 13.4. The van der Waals surface area contributed by atoms with Gasteiger partial charge in [0, 0.05) is 5.02 Å². The van der Waals surface area contributed by atoms with Gasteiger partial charge >= 0.3 is 0 Å². The van der Waals surface area contributed by atoms with Crippen LogP contribution in [-0.4, -0.2) is 34.0 Å². The number of hydrogen-bond acceptors (Lipinski definition) is 4. The van der Waals surface area contributed by atoms with Gasteiger partial charge in [0.15, 0.2) is 0 Å². The highest BCUT2D eigenvalue weighted by Crippen LogP contribution is 2.31. The number of nitrogens with one attached hydrogen (secondary N) is 1. The Labute approximate surface area is 212 Å². The Morgan fingerprint density at radius 2 is 1.60 bits per heavy atom. The van der Waals surface area contributed by atoms with Crippen molar-refractivity contribution in [2.75, 3.05) is 24.0 Å². The third-order valence-electron chi connectivity index (χ3n) is 5.39. The summed E-state index contributed by atoms with van der Waals surface area (Å²) in [4.78, 5) is 12.9. The lowest BCUT2D eigenvalue weighted by atomic mass is 9.86. The third kappa shape index (κ3) is 6.99. The number of benzene rings is 3. The molecule has 0 fully saturated rings. The Morgan fingerprint density at radius 3 is 2.23 bits per heavy atom. The smallest absolute Gasteiger partial charge is 0.264 e. The average Bonchev–Trinajstić information content (AvgIpc) is 2.81. The van der Waals surface area contributed by atoms with Crippen LogP contribution in [0.3, 0.4) is 0 Å². The molecule has 0 saturated carbocycles. The Kier molecular flexibility index (Phi) is 8.46. The second-order valence-electron chi connectivity index (χ2n) is 9.25. The highest BCUT2D eigenvalue weighted by Gasteiger charge is 2.27. The first-order valence-electron chi connectivity index (χ1n) is 11.3. The zero-order valence-electron chi connectivity index (χ0n) is 20.4. The molecule has 0 aliphatic rings. The van der Waals surface area contributed by atoms with Gasteiger partial charge in [0.25, 0.3) is 10.0 Å². The number of halogens is 1. The number of amides is 1. The molecule has 1 amide bonds. The number of rotatable bonds is 9. The molecule has 0 saturated heterocycles. The van der Waals surface area contributed by atoms with E-state index in [0.29, 0.717) is 10.7 Å². The van der Waals surface area contributed by atoms with E-state index in [2.05, 4.69) is 26.1 Å². The molecule has 0 aromatic heterocycles. The number of hydrogen-bond donors (Lipinski definition) is 1. The topological polar surface area (TPSA) is 75.7 Å². The van der Waals surface area contributed by atoms with Gasteiger partial charge in [-0.2, -0.15) is 0 Å². The van der Waals surface area contributed by atoms with E-state index in [0.717, 1.165) is 21.2 Å². The zero-order chi connectivity index (χ0) is 25.6. The van der Waals surface area contributed by atoms with Crippen molar-refractivity contribution in [2.24, 2.45) is 0 Å². The van der Waals surface area contributed by atoms with E-state index in [1.54, 1.807) is 36.4 Å². The molecule has 8 heteroatoms. The first kappa shape index (κ1) is 26.6. The molecule has 0 heterocycles. The summed E-state index contributed by atoms with van der Waals surface area (Å²) < 4.78 is 33.8. The van der Waals surface area contributed by atoms with Crippen LogP contribution in [0, 0.1) is 6.92 Å². The summed E-state index contributed by atoms with van der Waals surface area (Å²) in [6, 6.07) is 20.6. The molecule has 0 atom stereocenters. The van der Waals surface area contributed by atoms with E-state index in [1.807, 2.05) is 31.2 Å². The predicted octanol–water partition coefficient (Wildman–Crippen LogP) is 5.34. The highest BCUT2D eigenvalue weighted by atomic mass is 35.5. The molecule has 1 N–H and O–H groups in total. The van der Waals surface area contributed by atoms with Crippen LogP contribution in [0.4, 0.5) is 5.69 Å². The van der Waals surface area contributed by atoms with Crippen molar-refractivity contribution >= 4 is 33.2 Å². The Balaban J connectivity index is 1.70. The number of carbonyl (C=O) groups excluding carboxylic acids is 1. The fourth-order valence-corrected chi connectivity index (χ4v) is 5.06.